The van der Waals surface area contributed by atoms with Gasteiger partial charge in [0.2, 0.25) is 0 Å². The van der Waals surface area contributed by atoms with Crippen LogP contribution in [-0.4, -0.2) is 40.0 Å². The van der Waals surface area contributed by atoms with Gasteiger partial charge >= 0.3 is 12.1 Å². The largest absolute Gasteiger partial charge is 0.481 e. The van der Waals surface area contributed by atoms with Gasteiger partial charge in [-0.1, -0.05) is 13.8 Å². The molecule has 0 spiro atoms. The summed E-state index contributed by atoms with van der Waals surface area (Å²) in [7, 11) is 0. The molecule has 3 N–H and O–H groups in total. The van der Waals surface area contributed by atoms with Crippen LogP contribution in [0.2, 0.25) is 0 Å². The fourth-order valence-corrected chi connectivity index (χ4v) is 1.75. The Hall–Kier alpha value is -1.30. The minimum Gasteiger partial charge on any atom is -0.481 e. The van der Waals surface area contributed by atoms with E-state index in [2.05, 4.69) is 5.32 Å². The number of aliphatic carboxylic acids is 1. The third-order valence-corrected chi connectivity index (χ3v) is 2.55. The van der Waals surface area contributed by atoms with Gasteiger partial charge in [0.25, 0.3) is 0 Å². The number of alkyl carbamates (subject to hydrolysis) is 1. The molecule has 0 fully saturated rings. The van der Waals surface area contributed by atoms with Crippen LogP contribution in [0.3, 0.4) is 0 Å². The van der Waals surface area contributed by atoms with Gasteiger partial charge in [0.15, 0.2) is 0 Å². The third-order valence-electron chi connectivity index (χ3n) is 2.55. The van der Waals surface area contributed by atoms with E-state index in [1.54, 1.807) is 20.8 Å². The van der Waals surface area contributed by atoms with Gasteiger partial charge in [-0.2, -0.15) is 0 Å². The molecule has 0 aliphatic rings. The summed E-state index contributed by atoms with van der Waals surface area (Å²) in [5.41, 5.74) is -0.613. The van der Waals surface area contributed by atoms with Gasteiger partial charge in [0.05, 0.1) is 12.1 Å². The number of hydrogen-bond donors (Lipinski definition) is 3. The standard InChI is InChI=1S/C14H27NO5/c1-9(2)8-10(11(16)6-7-12(17)18)15-13(19)20-14(3,4)5/h9-11,16H,6-8H2,1-5H3,(H,15,19)(H,17,18)/t10-,11?/m0/s1. The van der Waals surface area contributed by atoms with Gasteiger partial charge in [-0.15, -0.1) is 0 Å². The molecule has 0 rings (SSSR count). The first-order valence-corrected chi connectivity index (χ1v) is 6.90. The highest BCUT2D eigenvalue weighted by atomic mass is 16.6. The van der Waals surface area contributed by atoms with E-state index in [4.69, 9.17) is 9.84 Å². The molecule has 0 aliphatic carbocycles. The summed E-state index contributed by atoms with van der Waals surface area (Å²) in [6, 6.07) is -0.510. The lowest BCUT2D eigenvalue weighted by atomic mass is 9.96. The lowest BCUT2D eigenvalue weighted by Gasteiger charge is -2.27. The molecule has 1 unspecified atom stereocenters. The number of aliphatic hydroxyl groups is 1. The monoisotopic (exact) mass is 289 g/mol. The highest BCUT2D eigenvalue weighted by molar-refractivity contribution is 5.68. The Bertz CT molecular complexity index is 322. The van der Waals surface area contributed by atoms with Gasteiger partial charge in [-0.05, 0) is 39.5 Å². The molecule has 0 bridgehead atoms. The molecule has 0 saturated carbocycles. The predicted octanol–water partition coefficient (Wildman–Crippen LogP) is 2.15. The smallest absolute Gasteiger partial charge is 0.407 e. The van der Waals surface area contributed by atoms with Crippen LogP contribution in [0.1, 0.15) is 53.9 Å². The molecule has 118 valence electrons. The minimum atomic E-state index is -0.968. The van der Waals surface area contributed by atoms with Crippen LogP contribution < -0.4 is 5.32 Å². The molecule has 1 amide bonds. The maximum Gasteiger partial charge on any atom is 0.407 e. The molecular formula is C14H27NO5. The van der Waals surface area contributed by atoms with E-state index in [1.807, 2.05) is 13.8 Å². The van der Waals surface area contributed by atoms with E-state index in [-0.39, 0.29) is 18.8 Å². The lowest BCUT2D eigenvalue weighted by molar-refractivity contribution is -0.137. The first-order chi connectivity index (χ1) is 9.01. The van der Waals surface area contributed by atoms with Crippen molar-refractivity contribution in [1.29, 1.82) is 0 Å². The highest BCUT2D eigenvalue weighted by Crippen LogP contribution is 2.14. The van der Waals surface area contributed by atoms with Crippen molar-refractivity contribution in [3.8, 4) is 0 Å². The second-order valence-corrected chi connectivity index (χ2v) is 6.38. The number of carboxylic acid groups (broad SMARTS) is 1. The van der Waals surface area contributed by atoms with E-state index in [0.29, 0.717) is 6.42 Å². The van der Waals surface area contributed by atoms with Crippen molar-refractivity contribution in [1.82, 2.24) is 5.32 Å². The molecule has 0 aromatic rings. The fourth-order valence-electron chi connectivity index (χ4n) is 1.75. The normalized spacial score (nSPS) is 14.8. The van der Waals surface area contributed by atoms with Crippen LogP contribution in [0.25, 0.3) is 0 Å². The number of aliphatic hydroxyl groups excluding tert-OH is 1. The lowest BCUT2D eigenvalue weighted by Crippen LogP contribution is -2.46. The van der Waals surface area contributed by atoms with Crippen LogP contribution >= 0.6 is 0 Å². The summed E-state index contributed by atoms with van der Waals surface area (Å²) in [5.74, 6) is -0.709. The zero-order chi connectivity index (χ0) is 15.9. The van der Waals surface area contributed by atoms with Crippen molar-refractivity contribution in [2.24, 2.45) is 5.92 Å². The number of carboxylic acids is 1. The van der Waals surface area contributed by atoms with E-state index < -0.39 is 29.8 Å². The Morgan fingerprint density at radius 1 is 1.25 bits per heavy atom. The topological polar surface area (TPSA) is 95.9 Å². The number of carbonyl (C=O) groups excluding carboxylic acids is 1. The van der Waals surface area contributed by atoms with Crippen LogP contribution in [0, 0.1) is 5.92 Å². The second-order valence-electron chi connectivity index (χ2n) is 6.38. The zero-order valence-corrected chi connectivity index (χ0v) is 13.0. The van der Waals surface area contributed by atoms with Crippen molar-refractivity contribution >= 4 is 12.1 Å². The summed E-state index contributed by atoms with van der Waals surface area (Å²) in [6.45, 7) is 9.20. The van der Waals surface area contributed by atoms with Crippen molar-refractivity contribution in [2.75, 3.05) is 0 Å². The summed E-state index contributed by atoms with van der Waals surface area (Å²) >= 11 is 0. The van der Waals surface area contributed by atoms with Gasteiger partial charge in [-0.25, -0.2) is 4.79 Å². The molecule has 0 aromatic carbocycles. The highest BCUT2D eigenvalue weighted by Gasteiger charge is 2.25. The molecule has 6 nitrogen and oxygen atoms in total. The van der Waals surface area contributed by atoms with E-state index in [0.717, 1.165) is 0 Å². The SMILES string of the molecule is CC(C)C[C@H](NC(=O)OC(C)(C)C)C(O)CCC(=O)O. The van der Waals surface area contributed by atoms with Gasteiger partial charge in [-0.3, -0.25) is 4.79 Å². The van der Waals surface area contributed by atoms with Crippen molar-refractivity contribution < 1.29 is 24.5 Å². The minimum absolute atomic E-state index is 0.0997. The fraction of sp³-hybridized carbons (Fsp3) is 0.857. The molecule has 20 heavy (non-hydrogen) atoms. The van der Waals surface area contributed by atoms with Crippen molar-refractivity contribution in [3.05, 3.63) is 0 Å². The summed E-state index contributed by atoms with van der Waals surface area (Å²) in [4.78, 5) is 22.3. The maximum atomic E-state index is 11.7. The number of hydrogen-bond acceptors (Lipinski definition) is 4. The molecule has 0 aliphatic heterocycles. The van der Waals surface area contributed by atoms with Crippen LogP contribution in [0.5, 0.6) is 0 Å². The Morgan fingerprint density at radius 3 is 2.20 bits per heavy atom. The molecule has 0 heterocycles. The summed E-state index contributed by atoms with van der Waals surface area (Å²) < 4.78 is 5.15. The first-order valence-electron chi connectivity index (χ1n) is 6.90. The van der Waals surface area contributed by atoms with Crippen LogP contribution in [0.4, 0.5) is 4.79 Å². The van der Waals surface area contributed by atoms with Gasteiger partial charge in [0.1, 0.15) is 5.60 Å². The van der Waals surface area contributed by atoms with Gasteiger partial charge < -0.3 is 20.3 Å². The average molecular weight is 289 g/mol. The number of amides is 1. The average Bonchev–Trinajstić information content (AvgIpc) is 2.21. The quantitative estimate of drug-likeness (QED) is 0.667. The summed E-state index contributed by atoms with van der Waals surface area (Å²) in [5, 5.41) is 21.3. The Labute approximate surface area is 120 Å². The van der Waals surface area contributed by atoms with Crippen molar-refractivity contribution in [2.45, 2.75) is 71.6 Å². The number of rotatable bonds is 7. The van der Waals surface area contributed by atoms with E-state index in [9.17, 15) is 14.7 Å². The van der Waals surface area contributed by atoms with Crippen LogP contribution in [0.15, 0.2) is 0 Å². The molecular weight excluding hydrogens is 262 g/mol. The Kier molecular flexibility index (Phi) is 7.57. The molecule has 6 heteroatoms. The molecule has 0 saturated heterocycles. The molecule has 2 atom stereocenters. The van der Waals surface area contributed by atoms with Gasteiger partial charge in [0, 0.05) is 6.42 Å². The zero-order valence-electron chi connectivity index (χ0n) is 13.0. The first kappa shape index (κ1) is 18.7. The second kappa shape index (κ2) is 8.09. The predicted molar refractivity (Wildman–Crippen MR) is 75.5 cm³/mol. The number of ether oxygens (including phenoxy) is 1. The van der Waals surface area contributed by atoms with Crippen molar-refractivity contribution in [3.63, 3.8) is 0 Å². The summed E-state index contributed by atoms with van der Waals surface area (Å²) in [6.07, 6.45) is -0.979. The third kappa shape index (κ3) is 9.61. The molecule has 0 aromatic heterocycles. The number of carbonyl (C=O) groups is 2. The van der Waals surface area contributed by atoms with E-state index in [1.165, 1.54) is 0 Å². The molecule has 0 radical (unpaired) electrons. The Morgan fingerprint density at radius 2 is 1.80 bits per heavy atom. The number of nitrogens with one attached hydrogen (secondary N) is 1. The maximum absolute atomic E-state index is 11.7. The van der Waals surface area contributed by atoms with Crippen LogP contribution in [-0.2, 0) is 9.53 Å². The van der Waals surface area contributed by atoms with E-state index >= 15 is 0 Å². The Balaban J connectivity index is 4.54.